The topological polar surface area (TPSA) is 123 Å². The van der Waals surface area contributed by atoms with Crippen LogP contribution < -0.4 is 16.4 Å². The molecular formula is C32H25ClN6O2. The van der Waals surface area contributed by atoms with Gasteiger partial charge in [0, 0.05) is 50.7 Å². The lowest BCUT2D eigenvalue weighted by Gasteiger charge is -2.16. The van der Waals surface area contributed by atoms with E-state index in [1.807, 2.05) is 36.4 Å². The van der Waals surface area contributed by atoms with Gasteiger partial charge in [0.15, 0.2) is 0 Å². The maximum Gasteiger partial charge on any atom is 0.256 e. The monoisotopic (exact) mass is 560 g/mol. The molecule has 0 spiro atoms. The summed E-state index contributed by atoms with van der Waals surface area (Å²) in [5.41, 5.74) is 12.8. The number of hydrogen-bond acceptors (Lipinski definition) is 6. The van der Waals surface area contributed by atoms with Crippen molar-refractivity contribution in [3.8, 4) is 22.3 Å². The Bertz CT molecular complexity index is 1850. The number of fused-ring (bicyclic) bond motifs is 1. The number of nitrogen functional groups attached to an aromatic ring is 1. The van der Waals surface area contributed by atoms with E-state index in [2.05, 4.69) is 32.2 Å². The van der Waals surface area contributed by atoms with Crippen LogP contribution in [0.5, 0.6) is 0 Å². The van der Waals surface area contributed by atoms with Crippen molar-refractivity contribution < 1.29 is 9.59 Å². The van der Waals surface area contributed by atoms with Crippen LogP contribution >= 0.6 is 11.6 Å². The van der Waals surface area contributed by atoms with Crippen LogP contribution in [-0.2, 0) is 4.79 Å². The number of pyridine rings is 1. The lowest BCUT2D eigenvalue weighted by molar-refractivity contribution is -0.111. The molecule has 1 aliphatic carbocycles. The van der Waals surface area contributed by atoms with E-state index < -0.39 is 0 Å². The molecule has 9 heteroatoms. The SMILES string of the molecule is C=CC(=O)Nc1cccc(-c2cc(-c3ccc(C(=O)Nc4cc(C5CC5)ccn4)cc3Cl)c(N)c3cncnc23)c1. The first-order valence-corrected chi connectivity index (χ1v) is 13.4. The van der Waals surface area contributed by atoms with E-state index in [1.54, 1.807) is 36.7 Å². The number of benzene rings is 3. The minimum absolute atomic E-state index is 0.308. The van der Waals surface area contributed by atoms with Crippen LogP contribution in [0.1, 0.15) is 34.7 Å². The third-order valence-corrected chi connectivity index (χ3v) is 7.37. The van der Waals surface area contributed by atoms with Crippen molar-refractivity contribution in [2.24, 2.45) is 0 Å². The largest absolute Gasteiger partial charge is 0.398 e. The second-order valence-corrected chi connectivity index (χ2v) is 10.2. The molecule has 0 saturated heterocycles. The highest BCUT2D eigenvalue weighted by Crippen LogP contribution is 2.42. The van der Waals surface area contributed by atoms with Crippen molar-refractivity contribution in [3.63, 3.8) is 0 Å². The Kier molecular flexibility index (Phi) is 6.91. The smallest absolute Gasteiger partial charge is 0.256 e. The highest BCUT2D eigenvalue weighted by Gasteiger charge is 2.24. The van der Waals surface area contributed by atoms with Crippen LogP contribution in [0, 0.1) is 0 Å². The first-order chi connectivity index (χ1) is 19.9. The molecule has 8 nitrogen and oxygen atoms in total. The Hall–Kier alpha value is -5.08. The summed E-state index contributed by atoms with van der Waals surface area (Å²) in [5.74, 6) is 0.445. The summed E-state index contributed by atoms with van der Waals surface area (Å²) >= 11 is 6.77. The van der Waals surface area contributed by atoms with Gasteiger partial charge in [0.2, 0.25) is 5.91 Å². The number of nitrogens with zero attached hydrogens (tertiary/aromatic N) is 3. The average molecular weight is 561 g/mol. The summed E-state index contributed by atoms with van der Waals surface area (Å²) in [7, 11) is 0. The zero-order chi connectivity index (χ0) is 28.5. The van der Waals surface area contributed by atoms with Crippen LogP contribution in [0.2, 0.25) is 5.02 Å². The second-order valence-electron chi connectivity index (χ2n) is 9.84. The van der Waals surface area contributed by atoms with Crippen LogP contribution in [0.25, 0.3) is 33.2 Å². The van der Waals surface area contributed by atoms with Crippen molar-refractivity contribution in [2.75, 3.05) is 16.4 Å². The highest BCUT2D eigenvalue weighted by atomic mass is 35.5. The Morgan fingerprint density at radius 1 is 0.976 bits per heavy atom. The van der Waals surface area contributed by atoms with Gasteiger partial charge >= 0.3 is 0 Å². The molecule has 0 bridgehead atoms. The number of nitrogens with two attached hydrogens (primary N) is 1. The van der Waals surface area contributed by atoms with Gasteiger partial charge in [-0.25, -0.2) is 15.0 Å². The fourth-order valence-corrected chi connectivity index (χ4v) is 5.11. The zero-order valence-electron chi connectivity index (χ0n) is 21.9. The van der Waals surface area contributed by atoms with Crippen LogP contribution in [0.15, 0.2) is 92.0 Å². The van der Waals surface area contributed by atoms with Gasteiger partial charge in [-0.1, -0.05) is 36.4 Å². The molecular weight excluding hydrogens is 536 g/mol. The van der Waals surface area contributed by atoms with Crippen molar-refractivity contribution >= 4 is 51.5 Å². The highest BCUT2D eigenvalue weighted by molar-refractivity contribution is 6.34. The van der Waals surface area contributed by atoms with Gasteiger partial charge in [-0.2, -0.15) is 0 Å². The van der Waals surface area contributed by atoms with Crippen molar-refractivity contribution in [1.29, 1.82) is 0 Å². The molecule has 1 aliphatic rings. The standard InChI is InChI=1S/C32H25ClN6O2/c1-2-29(40)38-22-5-3-4-20(12-22)24-15-25(30(34)26-16-35-17-37-31(24)26)23-9-8-21(13-27(23)33)32(41)39-28-14-19(10-11-36-28)18-6-7-18/h2-5,8-18H,1,6-7,34H2,(H,38,40)(H,36,39,41). The van der Waals surface area contributed by atoms with Gasteiger partial charge in [0.05, 0.1) is 11.2 Å². The van der Waals surface area contributed by atoms with Crippen molar-refractivity contribution in [3.05, 3.63) is 108 Å². The normalized spacial score (nSPS) is 12.6. The molecule has 0 atom stereocenters. The molecule has 1 fully saturated rings. The van der Waals surface area contributed by atoms with E-state index in [0.717, 1.165) is 24.0 Å². The minimum Gasteiger partial charge on any atom is -0.398 e. The van der Waals surface area contributed by atoms with E-state index >= 15 is 0 Å². The maximum absolute atomic E-state index is 13.0. The number of nitrogens with one attached hydrogen (secondary N) is 2. The summed E-state index contributed by atoms with van der Waals surface area (Å²) in [4.78, 5) is 37.9. The van der Waals surface area contributed by atoms with E-state index in [4.69, 9.17) is 17.3 Å². The molecule has 5 aromatic rings. The number of rotatable bonds is 7. The Morgan fingerprint density at radius 2 is 1.83 bits per heavy atom. The second kappa shape index (κ2) is 10.8. The number of halogens is 1. The summed E-state index contributed by atoms with van der Waals surface area (Å²) in [6, 6.07) is 18.3. The number of amides is 2. The molecule has 0 unspecified atom stereocenters. The van der Waals surface area contributed by atoms with Gasteiger partial charge in [0.25, 0.3) is 5.91 Å². The molecule has 41 heavy (non-hydrogen) atoms. The molecule has 2 aromatic heterocycles. The molecule has 0 aliphatic heterocycles. The van der Waals surface area contributed by atoms with E-state index in [0.29, 0.717) is 55.7 Å². The molecule has 1 saturated carbocycles. The summed E-state index contributed by atoms with van der Waals surface area (Å²) in [6.07, 6.45) is 8.38. The van der Waals surface area contributed by atoms with E-state index in [1.165, 1.54) is 18.0 Å². The number of aromatic nitrogens is 3. The Morgan fingerprint density at radius 3 is 2.61 bits per heavy atom. The quantitative estimate of drug-likeness (QED) is 0.148. The van der Waals surface area contributed by atoms with Gasteiger partial charge in [-0.05, 0) is 78.4 Å². The van der Waals surface area contributed by atoms with Gasteiger partial charge in [-0.15, -0.1) is 0 Å². The van der Waals surface area contributed by atoms with E-state index in [9.17, 15) is 9.59 Å². The predicted octanol–water partition coefficient (Wildman–Crippen LogP) is 6.85. The molecule has 2 heterocycles. The molecule has 2 amide bonds. The molecule has 6 rings (SSSR count). The Labute approximate surface area is 241 Å². The molecule has 202 valence electrons. The molecule has 4 N–H and O–H groups in total. The van der Waals surface area contributed by atoms with Gasteiger partial charge < -0.3 is 16.4 Å². The first-order valence-electron chi connectivity index (χ1n) is 13.0. The number of carbonyl (C=O) groups is 2. The van der Waals surface area contributed by atoms with Crippen LogP contribution in [0.3, 0.4) is 0 Å². The third kappa shape index (κ3) is 5.37. The first kappa shape index (κ1) is 26.2. The predicted molar refractivity (Wildman–Crippen MR) is 163 cm³/mol. The van der Waals surface area contributed by atoms with E-state index in [-0.39, 0.29) is 11.8 Å². The molecule has 3 aromatic carbocycles. The fourth-order valence-electron chi connectivity index (χ4n) is 4.83. The fraction of sp³-hybridized carbons (Fsp3) is 0.0938. The van der Waals surface area contributed by atoms with Crippen molar-refractivity contribution in [1.82, 2.24) is 15.0 Å². The number of anilines is 3. The van der Waals surface area contributed by atoms with Crippen molar-refractivity contribution in [2.45, 2.75) is 18.8 Å². The van der Waals surface area contributed by atoms with Gasteiger partial charge in [0.1, 0.15) is 12.1 Å². The summed E-state index contributed by atoms with van der Waals surface area (Å²) in [5, 5.41) is 6.67. The zero-order valence-corrected chi connectivity index (χ0v) is 22.7. The maximum atomic E-state index is 13.0. The Balaban J connectivity index is 1.37. The van der Waals surface area contributed by atoms with Crippen LogP contribution in [-0.4, -0.2) is 26.8 Å². The molecule has 0 radical (unpaired) electrons. The number of carbonyl (C=O) groups excluding carboxylic acids is 2. The summed E-state index contributed by atoms with van der Waals surface area (Å²) in [6.45, 7) is 3.51. The lowest BCUT2D eigenvalue weighted by Crippen LogP contribution is -2.13. The third-order valence-electron chi connectivity index (χ3n) is 7.06. The van der Waals surface area contributed by atoms with Crippen LogP contribution in [0.4, 0.5) is 17.2 Å². The number of hydrogen-bond donors (Lipinski definition) is 3. The van der Waals surface area contributed by atoms with Gasteiger partial charge in [-0.3, -0.25) is 9.59 Å². The minimum atomic E-state index is -0.311. The average Bonchev–Trinajstić information content (AvgIpc) is 3.84. The lowest BCUT2D eigenvalue weighted by atomic mass is 9.93. The summed E-state index contributed by atoms with van der Waals surface area (Å²) < 4.78 is 0.